The van der Waals surface area contributed by atoms with Gasteiger partial charge in [-0.25, -0.2) is 4.79 Å². The molecule has 0 atom stereocenters. The van der Waals surface area contributed by atoms with E-state index in [9.17, 15) is 9.59 Å². The molecule has 1 amide bonds. The number of amides is 1. The number of hydrogen-bond acceptors (Lipinski definition) is 3. The first-order valence-corrected chi connectivity index (χ1v) is 6.98. The van der Waals surface area contributed by atoms with Crippen molar-refractivity contribution in [3.63, 3.8) is 0 Å². The number of H-pyrrole nitrogens is 1. The summed E-state index contributed by atoms with van der Waals surface area (Å²) in [7, 11) is 1.32. The van der Waals surface area contributed by atoms with Crippen molar-refractivity contribution in [1.29, 1.82) is 0 Å². The number of carbonyl (C=O) groups is 2. The number of esters is 1. The van der Waals surface area contributed by atoms with Crippen LogP contribution in [0, 0.1) is 0 Å². The summed E-state index contributed by atoms with van der Waals surface area (Å²) in [5.74, 6) is -0.649. The van der Waals surface area contributed by atoms with Crippen LogP contribution in [0.4, 0.5) is 5.69 Å². The molecule has 3 rings (SSSR count). The van der Waals surface area contributed by atoms with Crippen LogP contribution in [0.2, 0.25) is 0 Å². The second kappa shape index (κ2) is 5.21. The molecule has 0 bridgehead atoms. The van der Waals surface area contributed by atoms with Gasteiger partial charge in [0.2, 0.25) is 0 Å². The number of halogens is 1. The van der Waals surface area contributed by atoms with Crippen LogP contribution in [0.25, 0.3) is 11.6 Å². The number of nitrogens with one attached hydrogen (secondary N) is 2. The Labute approximate surface area is 129 Å². The Hall–Kier alpha value is -2.34. The van der Waals surface area contributed by atoms with Crippen LogP contribution < -0.4 is 5.32 Å². The first kappa shape index (κ1) is 13.6. The number of fused-ring (bicyclic) bond motifs is 1. The van der Waals surface area contributed by atoms with Gasteiger partial charge in [-0.1, -0.05) is 15.9 Å². The van der Waals surface area contributed by atoms with Gasteiger partial charge in [-0.15, -0.1) is 0 Å². The minimum absolute atomic E-state index is 0.200. The summed E-state index contributed by atoms with van der Waals surface area (Å²) in [6.07, 6.45) is 3.28. The highest BCUT2D eigenvalue weighted by molar-refractivity contribution is 9.10. The van der Waals surface area contributed by atoms with E-state index >= 15 is 0 Å². The molecular weight excluding hydrogens is 336 g/mol. The lowest BCUT2D eigenvalue weighted by Crippen LogP contribution is -2.05. The predicted octanol–water partition coefficient (Wildman–Crippen LogP) is 3.06. The number of aromatic amines is 1. The van der Waals surface area contributed by atoms with Crippen molar-refractivity contribution in [3.05, 3.63) is 51.8 Å². The molecule has 0 fully saturated rings. The maximum absolute atomic E-state index is 12.1. The number of rotatable bonds is 2. The number of methoxy groups -OCH3 is 1. The third-order valence-electron chi connectivity index (χ3n) is 3.24. The molecule has 0 aliphatic carbocycles. The summed E-state index contributed by atoms with van der Waals surface area (Å²) >= 11 is 3.39. The molecule has 1 aliphatic heterocycles. The van der Waals surface area contributed by atoms with E-state index in [-0.39, 0.29) is 5.91 Å². The average molecular weight is 347 g/mol. The smallest absolute Gasteiger partial charge is 0.340 e. The van der Waals surface area contributed by atoms with Gasteiger partial charge in [0.1, 0.15) is 0 Å². The lowest BCUT2D eigenvalue weighted by Gasteiger charge is -2.01. The van der Waals surface area contributed by atoms with E-state index in [1.165, 1.54) is 7.11 Å². The topological polar surface area (TPSA) is 71.2 Å². The zero-order valence-electron chi connectivity index (χ0n) is 11.1. The highest BCUT2D eigenvalue weighted by Crippen LogP contribution is 2.35. The van der Waals surface area contributed by atoms with E-state index in [2.05, 4.69) is 26.2 Å². The van der Waals surface area contributed by atoms with Crippen LogP contribution in [-0.2, 0) is 9.53 Å². The molecule has 0 spiro atoms. The number of aromatic nitrogens is 1. The van der Waals surface area contributed by atoms with Gasteiger partial charge < -0.3 is 15.0 Å². The van der Waals surface area contributed by atoms with E-state index in [0.29, 0.717) is 16.8 Å². The lowest BCUT2D eigenvalue weighted by atomic mass is 10.1. The molecule has 0 radical (unpaired) electrons. The van der Waals surface area contributed by atoms with Crippen molar-refractivity contribution < 1.29 is 14.3 Å². The van der Waals surface area contributed by atoms with Crippen molar-refractivity contribution in [2.24, 2.45) is 0 Å². The Bertz CT molecular complexity index is 777. The van der Waals surface area contributed by atoms with Crippen LogP contribution in [0.3, 0.4) is 0 Å². The van der Waals surface area contributed by atoms with Crippen LogP contribution in [-0.4, -0.2) is 24.0 Å². The van der Waals surface area contributed by atoms with Crippen molar-refractivity contribution in [3.8, 4) is 0 Å². The number of hydrogen-bond donors (Lipinski definition) is 2. The number of benzene rings is 1. The fourth-order valence-electron chi connectivity index (χ4n) is 2.24. The van der Waals surface area contributed by atoms with Gasteiger partial charge in [0, 0.05) is 21.9 Å². The molecule has 1 aliphatic rings. The maximum Gasteiger partial charge on any atom is 0.340 e. The summed E-state index contributed by atoms with van der Waals surface area (Å²) in [5, 5.41) is 2.79. The minimum atomic E-state index is -0.448. The molecular formula is C15H11BrN2O3. The summed E-state index contributed by atoms with van der Waals surface area (Å²) in [5.41, 5.74) is 2.97. The standard InChI is InChI=1S/C15H11BrN2O3/c1-21-15(20)9-4-5-17-13(9)7-11-10-6-8(16)2-3-12(10)18-14(11)19/h2-7,17H,1H3,(H,18,19)/b11-7-. The average Bonchev–Trinajstić information content (AvgIpc) is 3.04. The SMILES string of the molecule is COC(=O)c1cc[nH]c1/C=C1\C(=O)Nc2ccc(Br)cc21. The van der Waals surface area contributed by atoms with Gasteiger partial charge in [0.25, 0.3) is 5.91 Å². The van der Waals surface area contributed by atoms with E-state index in [1.807, 2.05) is 18.2 Å². The zero-order chi connectivity index (χ0) is 15.0. The third-order valence-corrected chi connectivity index (χ3v) is 3.73. The number of anilines is 1. The largest absolute Gasteiger partial charge is 0.465 e. The van der Waals surface area contributed by atoms with E-state index in [0.717, 1.165) is 15.7 Å². The van der Waals surface area contributed by atoms with Gasteiger partial charge in [-0.2, -0.15) is 0 Å². The molecule has 1 aromatic heterocycles. The van der Waals surface area contributed by atoms with Crippen molar-refractivity contribution in [1.82, 2.24) is 4.98 Å². The highest BCUT2D eigenvalue weighted by Gasteiger charge is 2.25. The Morgan fingerprint density at radius 2 is 2.14 bits per heavy atom. The molecule has 2 N–H and O–H groups in total. The molecule has 0 unspecified atom stereocenters. The van der Waals surface area contributed by atoms with Gasteiger partial charge in [-0.3, -0.25) is 4.79 Å². The third kappa shape index (κ3) is 2.38. The van der Waals surface area contributed by atoms with Crippen LogP contribution in [0.1, 0.15) is 21.6 Å². The Morgan fingerprint density at radius 1 is 1.33 bits per heavy atom. The quantitative estimate of drug-likeness (QED) is 0.648. The molecule has 0 saturated heterocycles. The minimum Gasteiger partial charge on any atom is -0.465 e. The summed E-state index contributed by atoms with van der Waals surface area (Å²) in [4.78, 5) is 26.7. The van der Waals surface area contributed by atoms with Crippen molar-refractivity contribution in [2.75, 3.05) is 12.4 Å². The molecule has 5 nitrogen and oxygen atoms in total. The van der Waals surface area contributed by atoms with Crippen LogP contribution in [0.5, 0.6) is 0 Å². The van der Waals surface area contributed by atoms with Gasteiger partial charge >= 0.3 is 5.97 Å². The van der Waals surface area contributed by atoms with Gasteiger partial charge in [0.05, 0.1) is 23.9 Å². The van der Waals surface area contributed by atoms with Crippen LogP contribution >= 0.6 is 15.9 Å². The zero-order valence-corrected chi connectivity index (χ0v) is 12.7. The van der Waals surface area contributed by atoms with Crippen molar-refractivity contribution in [2.45, 2.75) is 0 Å². The molecule has 1 aromatic carbocycles. The lowest BCUT2D eigenvalue weighted by molar-refractivity contribution is -0.110. The molecule has 21 heavy (non-hydrogen) atoms. The fourth-order valence-corrected chi connectivity index (χ4v) is 2.60. The first-order chi connectivity index (χ1) is 10.1. The van der Waals surface area contributed by atoms with E-state index < -0.39 is 5.97 Å². The normalized spacial score (nSPS) is 15.0. The number of carbonyl (C=O) groups excluding carboxylic acids is 2. The van der Waals surface area contributed by atoms with Crippen molar-refractivity contribution >= 4 is 45.1 Å². The summed E-state index contributed by atoms with van der Waals surface area (Å²) in [6.45, 7) is 0. The van der Waals surface area contributed by atoms with Gasteiger partial charge in [0.15, 0.2) is 0 Å². The first-order valence-electron chi connectivity index (χ1n) is 6.19. The van der Waals surface area contributed by atoms with E-state index in [4.69, 9.17) is 4.74 Å². The van der Waals surface area contributed by atoms with Gasteiger partial charge in [-0.05, 0) is 30.3 Å². The Balaban J connectivity index is 2.09. The Morgan fingerprint density at radius 3 is 2.90 bits per heavy atom. The molecule has 0 saturated carbocycles. The molecule has 2 heterocycles. The number of ether oxygens (including phenoxy) is 1. The second-order valence-corrected chi connectivity index (χ2v) is 5.41. The van der Waals surface area contributed by atoms with Crippen LogP contribution in [0.15, 0.2) is 34.9 Å². The molecule has 2 aromatic rings. The summed E-state index contributed by atoms with van der Waals surface area (Å²) < 4.78 is 5.60. The van der Waals surface area contributed by atoms with E-state index in [1.54, 1.807) is 18.3 Å². The monoisotopic (exact) mass is 346 g/mol. The second-order valence-electron chi connectivity index (χ2n) is 4.50. The fraction of sp³-hybridized carbons (Fsp3) is 0.0667. The molecule has 106 valence electrons. The summed E-state index contributed by atoms with van der Waals surface area (Å²) in [6, 6.07) is 7.16. The Kier molecular flexibility index (Phi) is 3.39. The maximum atomic E-state index is 12.1. The molecule has 6 heteroatoms. The highest BCUT2D eigenvalue weighted by atomic mass is 79.9. The predicted molar refractivity (Wildman–Crippen MR) is 82.8 cm³/mol.